The smallest absolute Gasteiger partial charge is 0.253 e. The molecule has 1 N–H and O–H groups in total. The summed E-state index contributed by atoms with van der Waals surface area (Å²) in [5, 5.41) is 2.74. The van der Waals surface area contributed by atoms with Gasteiger partial charge < -0.3 is 10.1 Å². The van der Waals surface area contributed by atoms with E-state index >= 15 is 0 Å². The van der Waals surface area contributed by atoms with E-state index in [0.717, 1.165) is 0 Å². The Morgan fingerprint density at radius 2 is 2.07 bits per heavy atom. The quantitative estimate of drug-likeness (QED) is 0.740. The van der Waals surface area contributed by atoms with Crippen molar-refractivity contribution in [1.29, 1.82) is 0 Å². The number of amides is 1. The fourth-order valence-electron chi connectivity index (χ4n) is 1.15. The highest BCUT2D eigenvalue weighted by molar-refractivity contribution is 5.94. The standard InChI is InChI=1S/C11H15NO2/c1-3-14-9(2)12-11(13)10-7-5-4-6-8-10/h4-9H,3H2,1-2H3,(H,12,13). The molecule has 0 saturated carbocycles. The van der Waals surface area contributed by atoms with E-state index in [9.17, 15) is 4.79 Å². The van der Waals surface area contributed by atoms with Crippen molar-refractivity contribution in [1.82, 2.24) is 5.32 Å². The van der Waals surface area contributed by atoms with E-state index in [1.54, 1.807) is 12.1 Å². The number of hydrogen-bond donors (Lipinski definition) is 1. The van der Waals surface area contributed by atoms with E-state index in [1.807, 2.05) is 32.0 Å². The molecule has 3 nitrogen and oxygen atoms in total. The molecule has 0 bridgehead atoms. The second-order valence-electron chi connectivity index (χ2n) is 2.94. The van der Waals surface area contributed by atoms with Crippen LogP contribution in [0.5, 0.6) is 0 Å². The van der Waals surface area contributed by atoms with Crippen LogP contribution in [-0.4, -0.2) is 18.7 Å². The summed E-state index contributed by atoms with van der Waals surface area (Å²) in [7, 11) is 0. The number of benzene rings is 1. The Morgan fingerprint density at radius 1 is 1.43 bits per heavy atom. The minimum atomic E-state index is -0.243. The van der Waals surface area contributed by atoms with Gasteiger partial charge in [0.2, 0.25) is 0 Å². The first-order chi connectivity index (χ1) is 6.74. The Morgan fingerprint density at radius 3 is 2.64 bits per heavy atom. The van der Waals surface area contributed by atoms with Crippen molar-refractivity contribution in [2.24, 2.45) is 0 Å². The van der Waals surface area contributed by atoms with Gasteiger partial charge in [0.15, 0.2) is 0 Å². The molecule has 0 aromatic heterocycles. The van der Waals surface area contributed by atoms with Gasteiger partial charge in [0, 0.05) is 12.2 Å². The number of rotatable bonds is 4. The number of hydrogen-bond acceptors (Lipinski definition) is 2. The van der Waals surface area contributed by atoms with Gasteiger partial charge in [-0.15, -0.1) is 0 Å². The number of nitrogens with one attached hydrogen (secondary N) is 1. The molecule has 1 aromatic carbocycles. The predicted octanol–water partition coefficient (Wildman–Crippen LogP) is 1.80. The fraction of sp³-hybridized carbons (Fsp3) is 0.364. The minimum absolute atomic E-state index is 0.105. The van der Waals surface area contributed by atoms with Crippen molar-refractivity contribution in [3.05, 3.63) is 35.9 Å². The van der Waals surface area contributed by atoms with Gasteiger partial charge in [-0.25, -0.2) is 0 Å². The molecule has 0 heterocycles. The van der Waals surface area contributed by atoms with Crippen LogP contribution in [0.4, 0.5) is 0 Å². The summed E-state index contributed by atoms with van der Waals surface area (Å²) in [5.74, 6) is -0.105. The van der Waals surface area contributed by atoms with Crippen LogP contribution in [0.3, 0.4) is 0 Å². The maximum absolute atomic E-state index is 11.5. The van der Waals surface area contributed by atoms with Gasteiger partial charge in [-0.1, -0.05) is 18.2 Å². The zero-order valence-corrected chi connectivity index (χ0v) is 8.49. The third-order valence-electron chi connectivity index (χ3n) is 1.79. The molecule has 0 saturated heterocycles. The Kier molecular flexibility index (Phi) is 4.13. The van der Waals surface area contributed by atoms with Crippen molar-refractivity contribution in [2.75, 3.05) is 6.61 Å². The van der Waals surface area contributed by atoms with Gasteiger partial charge in [0.1, 0.15) is 6.23 Å². The van der Waals surface area contributed by atoms with Crippen LogP contribution in [0.1, 0.15) is 24.2 Å². The molecular weight excluding hydrogens is 178 g/mol. The molecule has 1 unspecified atom stereocenters. The molecule has 0 aliphatic rings. The van der Waals surface area contributed by atoms with E-state index in [2.05, 4.69) is 5.32 Å². The molecule has 3 heteroatoms. The van der Waals surface area contributed by atoms with Gasteiger partial charge in [-0.2, -0.15) is 0 Å². The zero-order chi connectivity index (χ0) is 10.4. The maximum atomic E-state index is 11.5. The lowest BCUT2D eigenvalue weighted by Gasteiger charge is -2.13. The number of ether oxygens (including phenoxy) is 1. The average molecular weight is 193 g/mol. The first kappa shape index (κ1) is 10.7. The van der Waals surface area contributed by atoms with Crippen LogP contribution in [0, 0.1) is 0 Å². The van der Waals surface area contributed by atoms with Gasteiger partial charge in [0.25, 0.3) is 5.91 Å². The summed E-state index contributed by atoms with van der Waals surface area (Å²) in [4.78, 5) is 11.5. The molecule has 0 spiro atoms. The number of carbonyl (C=O) groups excluding carboxylic acids is 1. The lowest BCUT2D eigenvalue weighted by molar-refractivity contribution is 0.0450. The third-order valence-corrected chi connectivity index (χ3v) is 1.79. The molecule has 1 amide bonds. The summed E-state index contributed by atoms with van der Waals surface area (Å²) in [6, 6.07) is 9.09. The second kappa shape index (κ2) is 5.40. The van der Waals surface area contributed by atoms with E-state index < -0.39 is 0 Å². The summed E-state index contributed by atoms with van der Waals surface area (Å²) in [6.07, 6.45) is -0.243. The van der Waals surface area contributed by atoms with E-state index in [1.165, 1.54) is 0 Å². The summed E-state index contributed by atoms with van der Waals surface area (Å²) >= 11 is 0. The Hall–Kier alpha value is -1.35. The van der Waals surface area contributed by atoms with Crippen LogP contribution in [0.2, 0.25) is 0 Å². The monoisotopic (exact) mass is 193 g/mol. The molecule has 14 heavy (non-hydrogen) atoms. The lowest BCUT2D eigenvalue weighted by atomic mass is 10.2. The molecule has 0 aliphatic heterocycles. The van der Waals surface area contributed by atoms with Gasteiger partial charge in [-0.05, 0) is 26.0 Å². The first-order valence-electron chi connectivity index (χ1n) is 4.71. The fourth-order valence-corrected chi connectivity index (χ4v) is 1.15. The van der Waals surface area contributed by atoms with E-state index in [-0.39, 0.29) is 12.1 Å². The topological polar surface area (TPSA) is 38.3 Å². The lowest BCUT2D eigenvalue weighted by Crippen LogP contribution is -2.34. The van der Waals surface area contributed by atoms with Gasteiger partial charge in [-0.3, -0.25) is 4.79 Å². The Bertz CT molecular complexity index is 285. The molecule has 0 fully saturated rings. The highest BCUT2D eigenvalue weighted by Gasteiger charge is 2.07. The van der Waals surface area contributed by atoms with Crippen LogP contribution in [0.25, 0.3) is 0 Å². The molecule has 76 valence electrons. The molecule has 1 aromatic rings. The van der Waals surface area contributed by atoms with Gasteiger partial charge >= 0.3 is 0 Å². The van der Waals surface area contributed by atoms with Crippen molar-refractivity contribution in [3.8, 4) is 0 Å². The number of carbonyl (C=O) groups is 1. The summed E-state index contributed by atoms with van der Waals surface area (Å²) in [6.45, 7) is 4.30. The molecule has 0 aliphatic carbocycles. The average Bonchev–Trinajstić information content (AvgIpc) is 2.19. The van der Waals surface area contributed by atoms with E-state index in [0.29, 0.717) is 12.2 Å². The molecular formula is C11H15NO2. The highest BCUT2D eigenvalue weighted by atomic mass is 16.5. The van der Waals surface area contributed by atoms with Crippen molar-refractivity contribution in [3.63, 3.8) is 0 Å². The predicted molar refractivity (Wildman–Crippen MR) is 55.0 cm³/mol. The SMILES string of the molecule is CCOC(C)NC(=O)c1ccccc1. The van der Waals surface area contributed by atoms with Crippen molar-refractivity contribution in [2.45, 2.75) is 20.1 Å². The zero-order valence-electron chi connectivity index (χ0n) is 8.49. The van der Waals surface area contributed by atoms with Crippen molar-refractivity contribution < 1.29 is 9.53 Å². The largest absolute Gasteiger partial charge is 0.359 e. The maximum Gasteiger partial charge on any atom is 0.253 e. The second-order valence-corrected chi connectivity index (χ2v) is 2.94. The van der Waals surface area contributed by atoms with Gasteiger partial charge in [0.05, 0.1) is 0 Å². The van der Waals surface area contributed by atoms with Crippen molar-refractivity contribution >= 4 is 5.91 Å². The molecule has 1 rings (SSSR count). The Labute approximate surface area is 84.1 Å². The third kappa shape index (κ3) is 3.18. The van der Waals surface area contributed by atoms with Crippen LogP contribution >= 0.6 is 0 Å². The minimum Gasteiger partial charge on any atom is -0.359 e. The van der Waals surface area contributed by atoms with Crippen LogP contribution in [0.15, 0.2) is 30.3 Å². The first-order valence-corrected chi connectivity index (χ1v) is 4.71. The summed E-state index contributed by atoms with van der Waals surface area (Å²) in [5.41, 5.74) is 0.652. The Balaban J connectivity index is 2.51. The summed E-state index contributed by atoms with van der Waals surface area (Å²) < 4.78 is 5.20. The molecule has 0 radical (unpaired) electrons. The van der Waals surface area contributed by atoms with Crippen LogP contribution in [-0.2, 0) is 4.74 Å². The van der Waals surface area contributed by atoms with E-state index in [4.69, 9.17) is 4.74 Å². The van der Waals surface area contributed by atoms with Crippen LogP contribution < -0.4 is 5.32 Å². The highest BCUT2D eigenvalue weighted by Crippen LogP contribution is 1.98. The normalized spacial score (nSPS) is 12.1. The molecule has 1 atom stereocenters.